The molecule has 0 fully saturated rings. The van der Waals surface area contributed by atoms with Gasteiger partial charge in [-0.1, -0.05) is 30.3 Å². The fraction of sp³-hybridized carbons (Fsp3) is 0.280. The zero-order valence-corrected chi connectivity index (χ0v) is 19.4. The maximum absolute atomic E-state index is 13.4. The van der Waals surface area contributed by atoms with Crippen LogP contribution in [0.1, 0.15) is 17.4 Å². The lowest BCUT2D eigenvalue weighted by Gasteiger charge is -2.28. The number of hydrogen-bond donors (Lipinski definition) is 1. The summed E-state index contributed by atoms with van der Waals surface area (Å²) >= 11 is 0. The summed E-state index contributed by atoms with van der Waals surface area (Å²) in [5.74, 6) is 0.356. The van der Waals surface area contributed by atoms with E-state index in [2.05, 4.69) is 4.57 Å². The number of benzene rings is 2. The van der Waals surface area contributed by atoms with Gasteiger partial charge in [-0.25, -0.2) is 4.79 Å². The molecule has 0 unspecified atom stereocenters. The van der Waals surface area contributed by atoms with Gasteiger partial charge in [-0.05, 0) is 23.3 Å². The number of fused-ring (bicyclic) bond motifs is 3. The summed E-state index contributed by atoms with van der Waals surface area (Å²) in [5, 5.41) is 10.9. The molecule has 0 bridgehead atoms. The molecule has 0 spiro atoms. The Hall–Kier alpha value is -3.98. The molecule has 0 saturated carbocycles. The highest BCUT2D eigenvalue weighted by molar-refractivity contribution is 5.96. The predicted octanol–water partition coefficient (Wildman–Crippen LogP) is 2.55. The number of rotatable bonds is 4. The van der Waals surface area contributed by atoms with Crippen LogP contribution in [-0.2, 0) is 25.4 Å². The van der Waals surface area contributed by atoms with Crippen molar-refractivity contribution in [2.24, 2.45) is 14.1 Å². The van der Waals surface area contributed by atoms with Crippen molar-refractivity contribution in [1.82, 2.24) is 13.7 Å². The Morgan fingerprint density at radius 1 is 1.00 bits per heavy atom. The van der Waals surface area contributed by atoms with Gasteiger partial charge < -0.3 is 23.9 Å². The van der Waals surface area contributed by atoms with Crippen molar-refractivity contribution in [3.63, 3.8) is 0 Å². The van der Waals surface area contributed by atoms with Crippen LogP contribution in [0.15, 0.2) is 52.1 Å². The van der Waals surface area contributed by atoms with Crippen molar-refractivity contribution in [2.75, 3.05) is 20.8 Å². The van der Waals surface area contributed by atoms with Crippen molar-refractivity contribution in [3.8, 4) is 28.5 Å². The smallest absolute Gasteiger partial charge is 0.331 e. The van der Waals surface area contributed by atoms with Crippen LogP contribution in [0.4, 0.5) is 0 Å². The number of hydrogen-bond acceptors (Lipinski definition) is 6. The molecule has 2 aromatic carbocycles. The molecule has 0 amide bonds. The fourth-order valence-electron chi connectivity index (χ4n) is 4.79. The Bertz CT molecular complexity index is 1510. The van der Waals surface area contributed by atoms with Gasteiger partial charge in [0.25, 0.3) is 5.56 Å². The number of nitrogens with zero attached hydrogens (tertiary/aromatic N) is 3. The molecule has 1 aliphatic heterocycles. The number of aromatic hydroxyl groups is 1. The second kappa shape index (κ2) is 8.11. The van der Waals surface area contributed by atoms with Crippen molar-refractivity contribution in [1.29, 1.82) is 0 Å². The minimum absolute atomic E-state index is 0.115. The van der Waals surface area contributed by atoms with Gasteiger partial charge in [0, 0.05) is 20.6 Å². The summed E-state index contributed by atoms with van der Waals surface area (Å²) < 4.78 is 21.6. The molecule has 0 saturated heterocycles. The summed E-state index contributed by atoms with van der Waals surface area (Å²) in [7, 11) is 6.06. The standard InChI is InChI=1S/C25H25N3O6/c1-26-20-18(24(30)27(2)25(26)31)19(14-8-6-5-7-9-14)28-10-11-34-23(21(20)28)15-12-16(32-3)22(29)17(13-15)33-4/h5-9,12-13,23,29H,10-11H2,1-4H3/t23-/m0/s1. The van der Waals surface area contributed by atoms with Crippen molar-refractivity contribution in [3.05, 3.63) is 74.6 Å². The first-order chi connectivity index (χ1) is 16.4. The Kier molecular flexibility index (Phi) is 5.21. The van der Waals surface area contributed by atoms with Gasteiger partial charge in [-0.15, -0.1) is 0 Å². The Balaban J connectivity index is 1.91. The fourth-order valence-corrected chi connectivity index (χ4v) is 4.79. The number of aromatic nitrogens is 3. The molecule has 2 aromatic heterocycles. The van der Waals surface area contributed by atoms with E-state index in [4.69, 9.17) is 14.2 Å². The Labute approximate surface area is 195 Å². The third-order valence-electron chi connectivity index (χ3n) is 6.40. The van der Waals surface area contributed by atoms with E-state index < -0.39 is 11.8 Å². The Morgan fingerprint density at radius 2 is 1.65 bits per heavy atom. The summed E-state index contributed by atoms with van der Waals surface area (Å²) in [5.41, 5.74) is 2.70. The van der Waals surface area contributed by atoms with Crippen molar-refractivity contribution >= 4 is 10.9 Å². The number of phenols is 1. The average Bonchev–Trinajstić information content (AvgIpc) is 3.22. The summed E-state index contributed by atoms with van der Waals surface area (Å²) in [6.45, 7) is 0.896. The molecule has 176 valence electrons. The van der Waals surface area contributed by atoms with Gasteiger partial charge in [-0.2, -0.15) is 0 Å². The number of methoxy groups -OCH3 is 2. The van der Waals surface area contributed by atoms with Crippen molar-refractivity contribution in [2.45, 2.75) is 12.6 Å². The molecule has 3 heterocycles. The van der Waals surface area contributed by atoms with Crippen LogP contribution in [0.2, 0.25) is 0 Å². The second-order valence-electron chi connectivity index (χ2n) is 8.21. The van der Waals surface area contributed by atoms with Gasteiger partial charge in [0.05, 0.1) is 43.1 Å². The molecule has 1 N–H and O–H groups in total. The highest BCUT2D eigenvalue weighted by atomic mass is 16.5. The lowest BCUT2D eigenvalue weighted by molar-refractivity contribution is 0.0475. The van der Waals surface area contributed by atoms with Crippen LogP contribution in [0.5, 0.6) is 17.2 Å². The third-order valence-corrected chi connectivity index (χ3v) is 6.40. The first-order valence-electron chi connectivity index (χ1n) is 10.8. The van der Waals surface area contributed by atoms with E-state index in [9.17, 15) is 14.7 Å². The Morgan fingerprint density at radius 3 is 2.26 bits per heavy atom. The highest BCUT2D eigenvalue weighted by Gasteiger charge is 2.34. The van der Waals surface area contributed by atoms with Gasteiger partial charge in [0.15, 0.2) is 11.5 Å². The van der Waals surface area contributed by atoms with Crippen LogP contribution in [0.25, 0.3) is 22.2 Å². The molecule has 9 nitrogen and oxygen atoms in total. The maximum Gasteiger partial charge on any atom is 0.331 e. The van der Waals surface area contributed by atoms with Crippen LogP contribution >= 0.6 is 0 Å². The molecule has 5 rings (SSSR count). The molecular weight excluding hydrogens is 438 g/mol. The molecule has 1 atom stereocenters. The van der Waals surface area contributed by atoms with Crippen molar-refractivity contribution < 1.29 is 19.3 Å². The SMILES string of the molecule is COc1cc([C@@H]2OCCn3c(-c4ccccc4)c4c(=O)n(C)c(=O)n(C)c4c32)cc(OC)c1O. The molecule has 1 aliphatic rings. The monoisotopic (exact) mass is 463 g/mol. The largest absolute Gasteiger partial charge is 0.502 e. The van der Waals surface area contributed by atoms with Gasteiger partial charge in [-0.3, -0.25) is 13.9 Å². The van der Waals surface area contributed by atoms with E-state index in [0.717, 1.165) is 15.8 Å². The summed E-state index contributed by atoms with van der Waals surface area (Å²) in [6, 6.07) is 13.0. The average molecular weight is 463 g/mol. The zero-order valence-electron chi connectivity index (χ0n) is 19.4. The van der Waals surface area contributed by atoms with E-state index >= 15 is 0 Å². The topological polar surface area (TPSA) is 96.9 Å². The normalized spacial score (nSPS) is 15.4. The number of phenolic OH excluding ortho intramolecular Hbond substituents is 1. The second-order valence-corrected chi connectivity index (χ2v) is 8.21. The van der Waals surface area contributed by atoms with Crippen LogP contribution in [0.3, 0.4) is 0 Å². The molecule has 9 heteroatoms. The van der Waals surface area contributed by atoms with E-state index in [1.807, 2.05) is 30.3 Å². The van der Waals surface area contributed by atoms with Crippen LogP contribution in [0, 0.1) is 0 Å². The maximum atomic E-state index is 13.4. The lowest BCUT2D eigenvalue weighted by atomic mass is 10.0. The first kappa shape index (κ1) is 21.8. The van der Waals surface area contributed by atoms with E-state index in [0.29, 0.717) is 35.3 Å². The van der Waals surface area contributed by atoms with E-state index in [-0.39, 0.29) is 22.8 Å². The lowest BCUT2D eigenvalue weighted by Crippen LogP contribution is -2.37. The molecular formula is C25H25N3O6. The van der Waals surface area contributed by atoms with Gasteiger partial charge >= 0.3 is 5.69 Å². The van der Waals surface area contributed by atoms with E-state index in [1.165, 1.54) is 25.8 Å². The minimum Gasteiger partial charge on any atom is -0.502 e. The zero-order chi connectivity index (χ0) is 24.1. The molecule has 4 aromatic rings. The van der Waals surface area contributed by atoms with Gasteiger partial charge in [0.1, 0.15) is 6.10 Å². The number of ether oxygens (including phenoxy) is 3. The molecule has 0 radical (unpaired) electrons. The minimum atomic E-state index is -0.630. The van der Waals surface area contributed by atoms with Gasteiger partial charge in [0.2, 0.25) is 5.75 Å². The van der Waals surface area contributed by atoms with Crippen LogP contribution in [-0.4, -0.2) is 39.6 Å². The molecule has 0 aliphatic carbocycles. The predicted molar refractivity (Wildman–Crippen MR) is 127 cm³/mol. The summed E-state index contributed by atoms with van der Waals surface area (Å²) in [6.07, 6.45) is -0.630. The van der Waals surface area contributed by atoms with E-state index in [1.54, 1.807) is 19.2 Å². The third kappa shape index (κ3) is 3.04. The quantitative estimate of drug-likeness (QED) is 0.500. The summed E-state index contributed by atoms with van der Waals surface area (Å²) in [4.78, 5) is 26.4. The molecule has 34 heavy (non-hydrogen) atoms. The first-order valence-corrected chi connectivity index (χ1v) is 10.8. The highest BCUT2D eigenvalue weighted by Crippen LogP contribution is 2.44. The van der Waals surface area contributed by atoms with Crippen LogP contribution < -0.4 is 20.7 Å². The number of aryl methyl sites for hydroxylation is 1.